The van der Waals surface area contributed by atoms with Gasteiger partial charge in [0.25, 0.3) is 5.91 Å². The number of nitrogen functional groups attached to an aromatic ring is 1. The van der Waals surface area contributed by atoms with E-state index in [1.54, 1.807) is 14.0 Å². The van der Waals surface area contributed by atoms with Crippen LogP contribution in [0.15, 0.2) is 18.2 Å². The first-order valence-corrected chi connectivity index (χ1v) is 7.19. The SMILES string of the molecule is CNC(=O)c1c(F)cc(-c2c(F)ccc(C=N)c2NC)c(C)c1N. The van der Waals surface area contributed by atoms with Crippen molar-refractivity contribution >= 4 is 23.5 Å². The van der Waals surface area contributed by atoms with Crippen molar-refractivity contribution in [3.63, 3.8) is 0 Å². The molecule has 0 heterocycles. The molecule has 0 aromatic heterocycles. The van der Waals surface area contributed by atoms with E-state index in [0.717, 1.165) is 12.3 Å². The number of benzene rings is 2. The van der Waals surface area contributed by atoms with Gasteiger partial charge in [-0.05, 0) is 36.2 Å². The summed E-state index contributed by atoms with van der Waals surface area (Å²) >= 11 is 0. The van der Waals surface area contributed by atoms with Crippen LogP contribution in [0.2, 0.25) is 0 Å². The largest absolute Gasteiger partial charge is 0.398 e. The Labute approximate surface area is 138 Å². The molecule has 0 atom stereocenters. The molecule has 2 aromatic carbocycles. The van der Waals surface area contributed by atoms with E-state index in [9.17, 15) is 13.6 Å². The Hall–Kier alpha value is -2.96. The highest BCUT2D eigenvalue weighted by atomic mass is 19.1. The predicted molar refractivity (Wildman–Crippen MR) is 91.8 cm³/mol. The van der Waals surface area contributed by atoms with Gasteiger partial charge in [-0.15, -0.1) is 0 Å². The summed E-state index contributed by atoms with van der Waals surface area (Å²) in [6, 6.07) is 3.74. The maximum Gasteiger partial charge on any atom is 0.256 e. The molecule has 1 amide bonds. The Balaban J connectivity index is 2.85. The highest BCUT2D eigenvalue weighted by Crippen LogP contribution is 2.38. The van der Waals surface area contributed by atoms with Crippen LogP contribution in [-0.4, -0.2) is 26.2 Å². The third-order valence-corrected chi connectivity index (χ3v) is 3.90. The summed E-state index contributed by atoms with van der Waals surface area (Å²) < 4.78 is 28.9. The maximum absolute atomic E-state index is 14.5. The fourth-order valence-corrected chi connectivity index (χ4v) is 2.63. The molecule has 5 nitrogen and oxygen atoms in total. The van der Waals surface area contributed by atoms with Crippen LogP contribution in [0.5, 0.6) is 0 Å². The van der Waals surface area contributed by atoms with Crippen molar-refractivity contribution in [1.82, 2.24) is 5.32 Å². The maximum atomic E-state index is 14.5. The summed E-state index contributed by atoms with van der Waals surface area (Å²) in [5.74, 6) is -2.07. The number of halogens is 2. The summed E-state index contributed by atoms with van der Waals surface area (Å²) in [5, 5.41) is 12.6. The molecule has 7 heteroatoms. The van der Waals surface area contributed by atoms with Gasteiger partial charge in [-0.3, -0.25) is 4.79 Å². The number of rotatable bonds is 4. The van der Waals surface area contributed by atoms with Crippen molar-refractivity contribution < 1.29 is 13.6 Å². The monoisotopic (exact) mass is 332 g/mol. The van der Waals surface area contributed by atoms with Crippen LogP contribution in [0.1, 0.15) is 21.5 Å². The van der Waals surface area contributed by atoms with Crippen LogP contribution in [0.4, 0.5) is 20.2 Å². The third kappa shape index (κ3) is 2.68. The first kappa shape index (κ1) is 17.4. The minimum Gasteiger partial charge on any atom is -0.398 e. The second kappa shape index (κ2) is 6.66. The predicted octanol–water partition coefficient (Wildman–Crippen LogP) is 2.92. The first-order valence-electron chi connectivity index (χ1n) is 7.19. The quantitative estimate of drug-likeness (QED) is 0.512. The lowest BCUT2D eigenvalue weighted by atomic mass is 9.92. The Morgan fingerprint density at radius 1 is 1.25 bits per heavy atom. The lowest BCUT2D eigenvalue weighted by Gasteiger charge is -2.18. The Morgan fingerprint density at radius 3 is 2.46 bits per heavy atom. The van der Waals surface area contributed by atoms with Gasteiger partial charge in [0.15, 0.2) is 0 Å². The van der Waals surface area contributed by atoms with Gasteiger partial charge in [-0.25, -0.2) is 8.78 Å². The summed E-state index contributed by atoms with van der Waals surface area (Å²) in [4.78, 5) is 11.8. The molecule has 0 aliphatic rings. The average Bonchev–Trinajstić information content (AvgIpc) is 2.57. The number of carbonyl (C=O) groups excluding carboxylic acids is 1. The van der Waals surface area contributed by atoms with Crippen LogP contribution in [-0.2, 0) is 0 Å². The highest BCUT2D eigenvalue weighted by Gasteiger charge is 2.23. The fourth-order valence-electron chi connectivity index (χ4n) is 2.63. The number of hydrogen-bond donors (Lipinski definition) is 4. The molecular weight excluding hydrogens is 314 g/mol. The van der Waals surface area contributed by atoms with Crippen molar-refractivity contribution in [2.45, 2.75) is 6.92 Å². The third-order valence-electron chi connectivity index (χ3n) is 3.90. The van der Waals surface area contributed by atoms with Crippen molar-refractivity contribution in [3.8, 4) is 11.1 Å². The molecule has 2 aromatic rings. The Bertz CT molecular complexity index is 834. The van der Waals surface area contributed by atoms with Crippen molar-refractivity contribution in [1.29, 1.82) is 5.41 Å². The molecule has 0 fully saturated rings. The Morgan fingerprint density at radius 2 is 1.92 bits per heavy atom. The second-order valence-electron chi connectivity index (χ2n) is 5.18. The summed E-state index contributed by atoms with van der Waals surface area (Å²) in [7, 11) is 2.95. The molecule has 0 aliphatic carbocycles. The number of nitrogens with two attached hydrogens (primary N) is 1. The van der Waals surface area contributed by atoms with E-state index in [0.29, 0.717) is 16.8 Å². The van der Waals surface area contributed by atoms with Crippen LogP contribution in [0.3, 0.4) is 0 Å². The Kier molecular flexibility index (Phi) is 4.82. The van der Waals surface area contributed by atoms with Gasteiger partial charge >= 0.3 is 0 Å². The minimum absolute atomic E-state index is 0.0499. The smallest absolute Gasteiger partial charge is 0.256 e. The van der Waals surface area contributed by atoms with Crippen LogP contribution in [0.25, 0.3) is 11.1 Å². The average molecular weight is 332 g/mol. The van der Waals surface area contributed by atoms with Crippen molar-refractivity contribution in [3.05, 3.63) is 46.5 Å². The van der Waals surface area contributed by atoms with Crippen LogP contribution < -0.4 is 16.4 Å². The molecule has 0 radical (unpaired) electrons. The summed E-state index contributed by atoms with van der Waals surface area (Å²) in [5.41, 5.74) is 7.10. The summed E-state index contributed by atoms with van der Waals surface area (Å²) in [6.07, 6.45) is 1.07. The molecule has 126 valence electrons. The molecule has 5 N–H and O–H groups in total. The van der Waals surface area contributed by atoms with Crippen LogP contribution in [0, 0.1) is 24.0 Å². The standard InChI is InChI=1S/C17H18F2N4O/c1-8-10(6-12(19)14(15(8)21)17(24)23-3)13-11(18)5-4-9(7-20)16(13)22-2/h4-7,20,22H,21H2,1-3H3,(H,23,24). The molecular formula is C17H18F2N4O. The topological polar surface area (TPSA) is 91.0 Å². The highest BCUT2D eigenvalue weighted by molar-refractivity contribution is 6.02. The molecule has 2 rings (SSSR count). The van der Waals surface area contributed by atoms with Crippen molar-refractivity contribution in [2.75, 3.05) is 25.1 Å². The lowest BCUT2D eigenvalue weighted by Crippen LogP contribution is -2.21. The first-order chi connectivity index (χ1) is 11.4. The van der Waals surface area contributed by atoms with Crippen molar-refractivity contribution in [2.24, 2.45) is 0 Å². The number of nitrogens with one attached hydrogen (secondary N) is 3. The number of amides is 1. The van der Waals surface area contributed by atoms with Gasteiger partial charge in [0.2, 0.25) is 0 Å². The van der Waals surface area contributed by atoms with E-state index in [1.807, 2.05) is 0 Å². The van der Waals surface area contributed by atoms with E-state index >= 15 is 0 Å². The van der Waals surface area contributed by atoms with E-state index in [2.05, 4.69) is 10.6 Å². The van der Waals surface area contributed by atoms with Gasteiger partial charge in [-0.2, -0.15) is 0 Å². The number of anilines is 2. The molecule has 0 saturated carbocycles. The van der Waals surface area contributed by atoms with Gasteiger partial charge in [-0.1, -0.05) is 0 Å². The zero-order valence-electron chi connectivity index (χ0n) is 13.6. The van der Waals surface area contributed by atoms with E-state index in [1.165, 1.54) is 19.2 Å². The molecule has 24 heavy (non-hydrogen) atoms. The zero-order valence-corrected chi connectivity index (χ0v) is 13.6. The van der Waals surface area contributed by atoms with Gasteiger partial charge in [0.1, 0.15) is 11.6 Å². The molecule has 0 aliphatic heterocycles. The molecule has 0 spiro atoms. The molecule has 0 saturated heterocycles. The second-order valence-corrected chi connectivity index (χ2v) is 5.18. The van der Waals surface area contributed by atoms with Crippen LogP contribution >= 0.6 is 0 Å². The fraction of sp³-hybridized carbons (Fsp3) is 0.176. The zero-order chi connectivity index (χ0) is 18.0. The van der Waals surface area contributed by atoms with Gasteiger partial charge in [0.05, 0.1) is 16.9 Å². The lowest BCUT2D eigenvalue weighted by molar-refractivity contribution is 0.0960. The number of carbonyl (C=O) groups is 1. The van der Waals surface area contributed by atoms with Gasteiger partial charge < -0.3 is 21.8 Å². The van der Waals surface area contributed by atoms with E-state index in [-0.39, 0.29) is 22.4 Å². The van der Waals surface area contributed by atoms with Gasteiger partial charge in [0, 0.05) is 31.4 Å². The molecule has 0 bridgehead atoms. The van der Waals surface area contributed by atoms with E-state index in [4.69, 9.17) is 11.1 Å². The minimum atomic E-state index is -0.839. The molecule has 0 unspecified atom stereocenters. The normalized spacial score (nSPS) is 10.4. The van der Waals surface area contributed by atoms with E-state index < -0.39 is 17.5 Å². The number of hydrogen-bond acceptors (Lipinski definition) is 4. The summed E-state index contributed by atoms with van der Waals surface area (Å²) in [6.45, 7) is 1.59.